The summed E-state index contributed by atoms with van der Waals surface area (Å²) < 4.78 is 0. The lowest BCUT2D eigenvalue weighted by Gasteiger charge is -2.31. The Bertz CT molecular complexity index is 2340. The third-order valence-corrected chi connectivity index (χ3v) is 14.0. The Morgan fingerprint density at radius 1 is 0.614 bits per heavy atom. The molecule has 6 aromatic rings. The van der Waals surface area contributed by atoms with Crippen LogP contribution < -0.4 is 5.32 Å². The van der Waals surface area contributed by atoms with Crippen LogP contribution in [0.25, 0.3) is 32.0 Å². The molecule has 4 heterocycles. The Morgan fingerprint density at radius 3 is 1.67 bits per heavy atom. The van der Waals surface area contributed by atoms with Gasteiger partial charge in [0.25, 0.3) is 0 Å². The van der Waals surface area contributed by atoms with Crippen molar-refractivity contribution in [3.63, 3.8) is 0 Å². The summed E-state index contributed by atoms with van der Waals surface area (Å²) in [5, 5.41) is 5.04. The number of carbonyl (C=O) groups is 3. The second-order valence-electron chi connectivity index (χ2n) is 15.4. The lowest BCUT2D eigenvalue weighted by Crippen LogP contribution is -2.45. The summed E-state index contributed by atoms with van der Waals surface area (Å²) in [4.78, 5) is 56.2. The minimum Gasteiger partial charge on any atom is -0.340 e. The molecule has 0 unspecified atom stereocenters. The van der Waals surface area contributed by atoms with E-state index in [4.69, 9.17) is 9.97 Å². The van der Waals surface area contributed by atoms with Crippen LogP contribution in [0, 0.1) is 5.92 Å². The van der Waals surface area contributed by atoms with E-state index < -0.39 is 6.04 Å². The first-order valence-electron chi connectivity index (χ1n) is 20.1. The molecule has 0 spiro atoms. The topological polar surface area (TPSA) is 95.5 Å². The quantitative estimate of drug-likeness (QED) is 0.141. The van der Waals surface area contributed by atoms with Crippen LogP contribution in [-0.4, -0.2) is 50.6 Å². The number of benzene rings is 4. The standard InChI is InChI=1S/C47H45N5O3S2/c53-42(28-31-10-3-1-4-11-31)51-26-8-16-38(51)45-48-29-40(56-45)34-22-18-32(19-23-34)33-20-24-35(25-21-33)41-30-49-46(57-41)39-17-9-27-52(39)47(55)43(36-12-5-2-6-13-36)50-44(54)37-14-7-15-37/h1-6,10-13,18-25,29-30,37-39,43H,7-9,14-17,26-28H2,(H,50,54)/t38-,39-,43-/m0/s1. The molecule has 3 atom stereocenters. The summed E-state index contributed by atoms with van der Waals surface area (Å²) >= 11 is 3.32. The van der Waals surface area contributed by atoms with E-state index in [1.807, 2.05) is 82.9 Å². The van der Waals surface area contributed by atoms with Crippen LogP contribution in [0.3, 0.4) is 0 Å². The number of amides is 3. The van der Waals surface area contributed by atoms with Gasteiger partial charge in [0, 0.05) is 31.4 Å². The number of aromatic nitrogens is 2. The first-order chi connectivity index (χ1) is 28.0. The summed E-state index contributed by atoms with van der Waals surface area (Å²) in [6.45, 7) is 1.43. The van der Waals surface area contributed by atoms with Crippen LogP contribution in [0.2, 0.25) is 0 Å². The fourth-order valence-electron chi connectivity index (χ4n) is 8.31. The van der Waals surface area contributed by atoms with Crippen LogP contribution >= 0.6 is 22.7 Å². The summed E-state index contributed by atoms with van der Waals surface area (Å²) in [6.07, 6.45) is 10.8. The predicted molar refractivity (Wildman–Crippen MR) is 226 cm³/mol. The van der Waals surface area contributed by atoms with Gasteiger partial charge in [-0.1, -0.05) is 116 Å². The number of nitrogens with one attached hydrogen (secondary N) is 1. The van der Waals surface area contributed by atoms with Crippen molar-refractivity contribution in [2.75, 3.05) is 13.1 Å². The first-order valence-corrected chi connectivity index (χ1v) is 21.7. The number of nitrogens with zero attached hydrogens (tertiary/aromatic N) is 4. The van der Waals surface area contributed by atoms with Gasteiger partial charge < -0.3 is 15.1 Å². The molecule has 2 aliphatic heterocycles. The maximum Gasteiger partial charge on any atom is 0.250 e. The van der Waals surface area contributed by atoms with Crippen LogP contribution in [-0.2, 0) is 20.8 Å². The van der Waals surface area contributed by atoms with Crippen molar-refractivity contribution in [1.82, 2.24) is 25.1 Å². The number of rotatable bonds is 11. The van der Waals surface area contributed by atoms with Crippen molar-refractivity contribution >= 4 is 40.4 Å². The molecule has 2 saturated heterocycles. The predicted octanol–water partition coefficient (Wildman–Crippen LogP) is 9.83. The lowest BCUT2D eigenvalue weighted by atomic mass is 9.84. The minimum atomic E-state index is -0.703. The van der Waals surface area contributed by atoms with Gasteiger partial charge >= 0.3 is 0 Å². The fraction of sp³-hybridized carbons (Fsp3) is 0.298. The second kappa shape index (κ2) is 16.6. The smallest absolute Gasteiger partial charge is 0.250 e. The molecule has 2 aromatic heterocycles. The van der Waals surface area contributed by atoms with E-state index in [9.17, 15) is 14.4 Å². The molecule has 8 nitrogen and oxygen atoms in total. The molecule has 9 rings (SSSR count). The van der Waals surface area contributed by atoms with Gasteiger partial charge in [-0.25, -0.2) is 9.97 Å². The average Bonchev–Trinajstić information content (AvgIpc) is 4.07. The Hall–Kier alpha value is -5.45. The van der Waals surface area contributed by atoms with Gasteiger partial charge in [-0.3, -0.25) is 14.4 Å². The maximum atomic E-state index is 14.2. The summed E-state index contributed by atoms with van der Waals surface area (Å²) in [6, 6.07) is 36.0. The lowest BCUT2D eigenvalue weighted by molar-refractivity contribution is -0.139. The van der Waals surface area contributed by atoms with E-state index in [1.165, 1.54) is 0 Å². The zero-order valence-electron chi connectivity index (χ0n) is 31.8. The first kappa shape index (κ1) is 37.1. The SMILES string of the molecule is O=C(N[C@H](C(=O)N1CCC[C@H]1c1ncc(-c2ccc(-c3ccc(-c4cnc([C@@H]5CCCN5C(=O)Cc5ccccc5)s4)cc3)cc2)s1)c1ccccc1)C1CCC1. The number of hydrogen-bond donors (Lipinski definition) is 1. The highest BCUT2D eigenvalue weighted by Gasteiger charge is 2.38. The van der Waals surface area contributed by atoms with Crippen LogP contribution in [0.15, 0.2) is 122 Å². The van der Waals surface area contributed by atoms with E-state index in [2.05, 4.69) is 53.8 Å². The third kappa shape index (κ3) is 7.93. The largest absolute Gasteiger partial charge is 0.340 e. The summed E-state index contributed by atoms with van der Waals surface area (Å²) in [5.74, 6) is 0.0793. The molecule has 0 bridgehead atoms. The number of hydrogen-bond acceptors (Lipinski definition) is 7. The number of likely N-dealkylation sites (tertiary alicyclic amines) is 2. The molecular weight excluding hydrogens is 747 g/mol. The highest BCUT2D eigenvalue weighted by molar-refractivity contribution is 7.15. The van der Waals surface area contributed by atoms with Gasteiger partial charge in [-0.05, 0) is 71.9 Å². The van der Waals surface area contributed by atoms with Gasteiger partial charge in [-0.2, -0.15) is 0 Å². The molecule has 4 aromatic carbocycles. The van der Waals surface area contributed by atoms with Crippen LogP contribution in [0.5, 0.6) is 0 Å². The normalized spacial score (nSPS) is 18.7. The van der Waals surface area contributed by atoms with Gasteiger partial charge in [0.1, 0.15) is 16.1 Å². The minimum absolute atomic E-state index is 0.00187. The van der Waals surface area contributed by atoms with E-state index in [0.717, 1.165) is 105 Å². The van der Waals surface area contributed by atoms with Crippen molar-refractivity contribution in [2.45, 2.75) is 69.5 Å². The van der Waals surface area contributed by atoms with E-state index in [-0.39, 0.29) is 35.7 Å². The van der Waals surface area contributed by atoms with Crippen molar-refractivity contribution < 1.29 is 14.4 Å². The molecule has 1 saturated carbocycles. The number of thiazole rings is 2. The molecule has 1 N–H and O–H groups in total. The zero-order chi connectivity index (χ0) is 38.7. The van der Waals surface area contributed by atoms with E-state index in [1.54, 1.807) is 22.7 Å². The van der Waals surface area contributed by atoms with Crippen LogP contribution in [0.1, 0.15) is 84.2 Å². The van der Waals surface area contributed by atoms with E-state index in [0.29, 0.717) is 13.0 Å². The highest BCUT2D eigenvalue weighted by atomic mass is 32.1. The molecule has 3 amide bonds. The molecule has 288 valence electrons. The van der Waals surface area contributed by atoms with Gasteiger partial charge in [-0.15, -0.1) is 22.7 Å². The monoisotopic (exact) mass is 791 g/mol. The molecule has 3 aliphatic rings. The van der Waals surface area contributed by atoms with Crippen molar-refractivity contribution in [3.8, 4) is 32.0 Å². The Labute approximate surface area is 341 Å². The Kier molecular flexibility index (Phi) is 10.8. The highest BCUT2D eigenvalue weighted by Crippen LogP contribution is 2.41. The van der Waals surface area contributed by atoms with Gasteiger partial charge in [0.05, 0.1) is 28.3 Å². The number of carbonyl (C=O) groups excluding carboxylic acids is 3. The molecular formula is C47H45N5O3S2. The van der Waals surface area contributed by atoms with Crippen LogP contribution in [0.4, 0.5) is 0 Å². The Balaban J connectivity index is 0.851. The average molecular weight is 792 g/mol. The summed E-state index contributed by atoms with van der Waals surface area (Å²) in [5.41, 5.74) is 6.32. The second-order valence-corrected chi connectivity index (χ2v) is 17.5. The van der Waals surface area contributed by atoms with Gasteiger partial charge in [0.2, 0.25) is 17.7 Å². The molecule has 10 heteroatoms. The zero-order valence-corrected chi connectivity index (χ0v) is 33.4. The van der Waals surface area contributed by atoms with Crippen molar-refractivity contribution in [1.29, 1.82) is 0 Å². The molecule has 57 heavy (non-hydrogen) atoms. The van der Waals surface area contributed by atoms with Crippen molar-refractivity contribution in [2.24, 2.45) is 5.92 Å². The fourth-order valence-corrected chi connectivity index (χ4v) is 10.5. The van der Waals surface area contributed by atoms with Gasteiger partial charge in [0.15, 0.2) is 0 Å². The Morgan fingerprint density at radius 2 is 1.12 bits per heavy atom. The third-order valence-electron chi connectivity index (χ3n) is 11.7. The molecule has 1 aliphatic carbocycles. The molecule has 3 fully saturated rings. The molecule has 0 radical (unpaired) electrons. The summed E-state index contributed by atoms with van der Waals surface area (Å²) in [7, 11) is 0. The van der Waals surface area contributed by atoms with E-state index >= 15 is 0 Å². The van der Waals surface area contributed by atoms with Crippen molar-refractivity contribution in [3.05, 3.63) is 143 Å². The maximum absolute atomic E-state index is 14.2.